The van der Waals surface area contributed by atoms with Crippen molar-refractivity contribution in [3.8, 4) is 17.1 Å². The van der Waals surface area contributed by atoms with Crippen molar-refractivity contribution < 1.29 is 19.2 Å². The number of nitrogens with one attached hydrogen (secondary N) is 1. The quantitative estimate of drug-likeness (QED) is 0.391. The second-order valence-electron chi connectivity index (χ2n) is 11.4. The molecule has 0 aliphatic heterocycles. The van der Waals surface area contributed by atoms with E-state index in [9.17, 15) is 9.90 Å². The molecule has 0 saturated heterocycles. The van der Waals surface area contributed by atoms with Crippen LogP contribution in [0, 0.1) is 11.3 Å². The Labute approximate surface area is 221 Å². The Morgan fingerprint density at radius 1 is 1.21 bits per heavy atom. The van der Waals surface area contributed by atoms with Crippen LogP contribution in [0.2, 0.25) is 0 Å². The molecule has 0 radical (unpaired) electrons. The lowest BCUT2D eigenvalue weighted by Crippen LogP contribution is -2.38. The van der Waals surface area contributed by atoms with E-state index in [0.29, 0.717) is 48.8 Å². The molecule has 0 aromatic carbocycles. The lowest BCUT2D eigenvalue weighted by atomic mass is 9.74. The number of aromatic nitrogens is 6. The summed E-state index contributed by atoms with van der Waals surface area (Å²) in [6, 6.07) is 3.87. The topological polar surface area (TPSA) is 141 Å². The maximum Gasteiger partial charge on any atom is 0.309 e. The van der Waals surface area contributed by atoms with Gasteiger partial charge in [-0.3, -0.25) is 4.79 Å². The van der Waals surface area contributed by atoms with Gasteiger partial charge in [-0.2, -0.15) is 4.98 Å². The minimum Gasteiger partial charge on any atom is -0.488 e. The van der Waals surface area contributed by atoms with Gasteiger partial charge in [0.15, 0.2) is 0 Å². The van der Waals surface area contributed by atoms with Gasteiger partial charge >= 0.3 is 5.97 Å². The van der Waals surface area contributed by atoms with Gasteiger partial charge < -0.3 is 19.7 Å². The van der Waals surface area contributed by atoms with Crippen molar-refractivity contribution in [1.82, 2.24) is 30.1 Å². The van der Waals surface area contributed by atoms with Crippen molar-refractivity contribution in [3.63, 3.8) is 0 Å². The summed E-state index contributed by atoms with van der Waals surface area (Å²) in [4.78, 5) is 21.3. The van der Waals surface area contributed by atoms with Gasteiger partial charge in [-0.15, -0.1) is 5.10 Å². The molecule has 3 heterocycles. The second kappa shape index (κ2) is 9.99. The zero-order chi connectivity index (χ0) is 26.3. The first-order chi connectivity index (χ1) is 18.4. The predicted molar refractivity (Wildman–Crippen MR) is 138 cm³/mol. The maximum absolute atomic E-state index is 11.8. The SMILES string of the molecule is Cn1nnc(-c2ccc(O[C@H]3CCC[C@](C)(C(=O)O)C3)c(C3CC3)n2)c1CNc1noc(CC2CCC2)n1. The van der Waals surface area contributed by atoms with E-state index in [0.717, 1.165) is 54.9 Å². The van der Waals surface area contributed by atoms with Crippen LogP contribution < -0.4 is 10.1 Å². The van der Waals surface area contributed by atoms with Crippen LogP contribution in [0.3, 0.4) is 0 Å². The first-order valence-corrected chi connectivity index (χ1v) is 13.7. The van der Waals surface area contributed by atoms with E-state index < -0.39 is 11.4 Å². The summed E-state index contributed by atoms with van der Waals surface area (Å²) in [7, 11) is 1.85. The Hall–Kier alpha value is -3.50. The number of carboxylic acid groups (broad SMARTS) is 1. The number of ether oxygens (including phenoxy) is 1. The fraction of sp³-hybridized carbons (Fsp3) is 0.630. The molecule has 3 saturated carbocycles. The minimum absolute atomic E-state index is 0.129. The van der Waals surface area contributed by atoms with E-state index in [4.69, 9.17) is 14.2 Å². The van der Waals surface area contributed by atoms with Gasteiger partial charge in [-0.25, -0.2) is 9.67 Å². The molecule has 0 unspecified atom stereocenters. The average Bonchev–Trinajstić information content (AvgIpc) is 3.51. The number of rotatable bonds is 10. The molecule has 3 aliphatic rings. The van der Waals surface area contributed by atoms with Gasteiger partial charge in [0.2, 0.25) is 5.89 Å². The van der Waals surface area contributed by atoms with Crippen LogP contribution in [0.5, 0.6) is 5.75 Å². The van der Waals surface area contributed by atoms with E-state index >= 15 is 0 Å². The Balaban J connectivity index is 1.18. The highest BCUT2D eigenvalue weighted by Crippen LogP contribution is 2.45. The summed E-state index contributed by atoms with van der Waals surface area (Å²) < 4.78 is 13.5. The van der Waals surface area contributed by atoms with Crippen molar-refractivity contribution in [2.75, 3.05) is 5.32 Å². The number of carbonyl (C=O) groups is 1. The number of hydrogen-bond acceptors (Lipinski definition) is 9. The summed E-state index contributed by atoms with van der Waals surface area (Å²) in [6.45, 7) is 2.25. The monoisotopic (exact) mass is 521 g/mol. The number of aliphatic carboxylic acids is 1. The highest BCUT2D eigenvalue weighted by atomic mass is 16.5. The Bertz CT molecular complexity index is 1310. The average molecular weight is 522 g/mol. The van der Waals surface area contributed by atoms with Gasteiger partial charge in [0.05, 0.1) is 35.1 Å². The molecular formula is C27H35N7O4. The van der Waals surface area contributed by atoms with Crippen LogP contribution in [0.15, 0.2) is 16.7 Å². The van der Waals surface area contributed by atoms with Crippen LogP contribution in [-0.4, -0.2) is 47.3 Å². The first-order valence-electron chi connectivity index (χ1n) is 13.7. The zero-order valence-corrected chi connectivity index (χ0v) is 22.0. The van der Waals surface area contributed by atoms with Crippen molar-refractivity contribution in [3.05, 3.63) is 29.4 Å². The van der Waals surface area contributed by atoms with Gasteiger partial charge in [0, 0.05) is 25.8 Å². The van der Waals surface area contributed by atoms with E-state index in [2.05, 4.69) is 25.8 Å². The third-order valence-corrected chi connectivity index (χ3v) is 8.35. The number of anilines is 1. The molecule has 38 heavy (non-hydrogen) atoms. The smallest absolute Gasteiger partial charge is 0.309 e. The molecule has 3 aliphatic carbocycles. The summed E-state index contributed by atoms with van der Waals surface area (Å²) >= 11 is 0. The molecule has 2 atom stereocenters. The third kappa shape index (κ3) is 5.10. The van der Waals surface area contributed by atoms with Crippen molar-refractivity contribution in [1.29, 1.82) is 0 Å². The van der Waals surface area contributed by atoms with E-state index in [1.165, 1.54) is 19.3 Å². The summed E-state index contributed by atoms with van der Waals surface area (Å²) in [5, 5.41) is 25.7. The van der Waals surface area contributed by atoms with Crippen LogP contribution in [0.1, 0.15) is 87.9 Å². The lowest BCUT2D eigenvalue weighted by Gasteiger charge is -2.35. The second-order valence-corrected chi connectivity index (χ2v) is 11.4. The molecule has 0 amide bonds. The molecule has 11 nitrogen and oxygen atoms in total. The zero-order valence-electron chi connectivity index (χ0n) is 22.0. The van der Waals surface area contributed by atoms with Crippen LogP contribution in [-0.2, 0) is 24.8 Å². The first kappa shape index (κ1) is 24.8. The van der Waals surface area contributed by atoms with Gasteiger partial charge in [0.25, 0.3) is 5.95 Å². The summed E-state index contributed by atoms with van der Waals surface area (Å²) in [5.74, 6) is 2.16. The number of pyridine rings is 1. The molecule has 6 rings (SSSR count). The maximum atomic E-state index is 11.8. The molecule has 2 N–H and O–H groups in total. The lowest BCUT2D eigenvalue weighted by molar-refractivity contribution is -0.151. The molecule has 0 bridgehead atoms. The largest absolute Gasteiger partial charge is 0.488 e. The predicted octanol–water partition coefficient (Wildman–Crippen LogP) is 4.50. The molecule has 3 aromatic heterocycles. The van der Waals surface area contributed by atoms with Crippen molar-refractivity contribution in [2.24, 2.45) is 18.4 Å². The highest BCUT2D eigenvalue weighted by molar-refractivity contribution is 5.74. The number of hydrogen-bond donors (Lipinski definition) is 2. The van der Waals surface area contributed by atoms with E-state index in [1.807, 2.05) is 26.1 Å². The summed E-state index contributed by atoms with van der Waals surface area (Å²) in [5.41, 5.74) is 2.48. The standard InChI is InChI=1S/C27H35N7O4/c1-27(25(35)36)12-4-7-18(14-27)37-21-11-10-19(29-23(21)17-8-9-17)24-20(34(2)33-31-24)15-28-26-30-22(38-32-26)13-16-5-3-6-16/h10-11,16-18H,3-9,12-15H2,1-2H3,(H,28,32)(H,35,36)/t18-,27-/m0/s1. The van der Waals surface area contributed by atoms with E-state index in [1.54, 1.807) is 4.68 Å². The van der Waals surface area contributed by atoms with Crippen LogP contribution in [0.25, 0.3) is 11.4 Å². The van der Waals surface area contributed by atoms with Gasteiger partial charge in [0.1, 0.15) is 11.4 Å². The third-order valence-electron chi connectivity index (χ3n) is 8.35. The Kier molecular flexibility index (Phi) is 6.53. The molecule has 3 fully saturated rings. The Morgan fingerprint density at radius 3 is 2.79 bits per heavy atom. The Morgan fingerprint density at radius 2 is 2.05 bits per heavy atom. The summed E-state index contributed by atoms with van der Waals surface area (Å²) in [6.07, 6.45) is 9.49. The number of carboxylic acids is 1. The van der Waals surface area contributed by atoms with Crippen LogP contribution in [0.4, 0.5) is 5.95 Å². The normalized spacial score (nSPS) is 23.7. The fourth-order valence-corrected chi connectivity index (χ4v) is 5.53. The number of nitrogens with zero attached hydrogens (tertiary/aromatic N) is 6. The molecule has 0 spiro atoms. The molecule has 202 valence electrons. The van der Waals surface area contributed by atoms with Crippen molar-refractivity contribution in [2.45, 2.75) is 89.7 Å². The van der Waals surface area contributed by atoms with Crippen molar-refractivity contribution >= 4 is 11.9 Å². The fourth-order valence-electron chi connectivity index (χ4n) is 5.53. The van der Waals surface area contributed by atoms with Gasteiger partial charge in [-0.05, 0) is 75.1 Å². The van der Waals surface area contributed by atoms with Gasteiger partial charge in [-0.1, -0.05) is 11.6 Å². The molecule has 11 heteroatoms. The number of aryl methyl sites for hydroxylation is 1. The van der Waals surface area contributed by atoms with E-state index in [-0.39, 0.29) is 6.10 Å². The van der Waals surface area contributed by atoms with Crippen LogP contribution >= 0.6 is 0 Å². The minimum atomic E-state index is -0.749. The molecular weight excluding hydrogens is 486 g/mol. The highest BCUT2D eigenvalue weighted by Gasteiger charge is 2.40. The molecule has 3 aromatic rings.